The third-order valence-electron chi connectivity index (χ3n) is 4.29. The van der Waals surface area contributed by atoms with Crippen LogP contribution in [0.25, 0.3) is 16.6 Å². The molecule has 1 aliphatic heterocycles. The minimum absolute atomic E-state index is 0.180. The SMILES string of the molecule is Cc1nc2c3ccccc3nc(SCC(=O)N3CCCCC3)n2n1. The van der Waals surface area contributed by atoms with Crippen molar-refractivity contribution in [3.8, 4) is 0 Å². The fraction of sp³-hybridized carbons (Fsp3) is 0.412. The van der Waals surface area contributed by atoms with Crippen molar-refractivity contribution in [2.24, 2.45) is 0 Å². The highest BCUT2D eigenvalue weighted by atomic mass is 32.2. The lowest BCUT2D eigenvalue weighted by atomic mass is 10.1. The molecule has 6 nitrogen and oxygen atoms in total. The summed E-state index contributed by atoms with van der Waals surface area (Å²) in [6, 6.07) is 7.90. The smallest absolute Gasteiger partial charge is 0.233 e. The van der Waals surface area contributed by atoms with E-state index >= 15 is 0 Å². The van der Waals surface area contributed by atoms with Gasteiger partial charge in [0.15, 0.2) is 10.8 Å². The molecule has 0 bridgehead atoms. The number of amides is 1. The van der Waals surface area contributed by atoms with Gasteiger partial charge in [0, 0.05) is 18.5 Å². The number of carbonyl (C=O) groups excluding carboxylic acids is 1. The van der Waals surface area contributed by atoms with E-state index in [1.54, 1.807) is 4.52 Å². The fourth-order valence-electron chi connectivity index (χ4n) is 3.09. The molecule has 1 amide bonds. The molecule has 24 heavy (non-hydrogen) atoms. The molecule has 1 aliphatic rings. The fourth-order valence-corrected chi connectivity index (χ4v) is 3.94. The molecule has 0 spiro atoms. The van der Waals surface area contributed by atoms with E-state index in [1.807, 2.05) is 36.1 Å². The van der Waals surface area contributed by atoms with Crippen LogP contribution in [0.4, 0.5) is 0 Å². The van der Waals surface area contributed by atoms with Crippen LogP contribution in [-0.4, -0.2) is 49.2 Å². The summed E-state index contributed by atoms with van der Waals surface area (Å²) < 4.78 is 1.76. The lowest BCUT2D eigenvalue weighted by Crippen LogP contribution is -2.36. The van der Waals surface area contributed by atoms with Crippen molar-refractivity contribution < 1.29 is 4.79 Å². The maximum absolute atomic E-state index is 12.4. The van der Waals surface area contributed by atoms with E-state index in [0.717, 1.165) is 47.6 Å². The number of hydrogen-bond donors (Lipinski definition) is 0. The normalized spacial score (nSPS) is 15.3. The summed E-state index contributed by atoms with van der Waals surface area (Å²) in [5, 5.41) is 6.14. The van der Waals surface area contributed by atoms with Gasteiger partial charge in [0.2, 0.25) is 5.91 Å². The number of nitrogens with zero attached hydrogens (tertiary/aromatic N) is 5. The topological polar surface area (TPSA) is 63.4 Å². The van der Waals surface area contributed by atoms with Gasteiger partial charge in [-0.05, 0) is 38.3 Å². The molecule has 0 aliphatic carbocycles. The first-order valence-electron chi connectivity index (χ1n) is 8.25. The first kappa shape index (κ1) is 15.4. The van der Waals surface area contributed by atoms with Gasteiger partial charge in [-0.2, -0.15) is 4.52 Å². The van der Waals surface area contributed by atoms with Crippen LogP contribution in [0.2, 0.25) is 0 Å². The Labute approximate surface area is 144 Å². The number of piperidine rings is 1. The van der Waals surface area contributed by atoms with Crippen LogP contribution in [0.3, 0.4) is 0 Å². The second kappa shape index (κ2) is 6.39. The van der Waals surface area contributed by atoms with Crippen molar-refractivity contribution in [1.29, 1.82) is 0 Å². The van der Waals surface area contributed by atoms with Crippen LogP contribution < -0.4 is 0 Å². The summed E-state index contributed by atoms with van der Waals surface area (Å²) in [7, 11) is 0. The average Bonchev–Trinajstić information content (AvgIpc) is 3.02. The van der Waals surface area contributed by atoms with Gasteiger partial charge in [0.1, 0.15) is 5.82 Å². The van der Waals surface area contributed by atoms with Crippen LogP contribution in [0.1, 0.15) is 25.1 Å². The number of aromatic nitrogens is 4. The van der Waals surface area contributed by atoms with Gasteiger partial charge < -0.3 is 4.90 Å². The predicted molar refractivity (Wildman–Crippen MR) is 94.2 cm³/mol. The number of rotatable bonds is 3. The van der Waals surface area contributed by atoms with Crippen LogP contribution in [0, 0.1) is 6.92 Å². The highest BCUT2D eigenvalue weighted by molar-refractivity contribution is 7.99. The molecule has 3 heterocycles. The monoisotopic (exact) mass is 341 g/mol. The van der Waals surface area contributed by atoms with Gasteiger partial charge in [-0.3, -0.25) is 4.79 Å². The summed E-state index contributed by atoms with van der Waals surface area (Å²) in [6.07, 6.45) is 3.44. The standard InChI is InChI=1S/C17H19N5OS/c1-12-18-16-13-7-3-4-8-14(13)19-17(22(16)20-12)24-11-15(23)21-9-5-2-6-10-21/h3-4,7-8H,2,5-6,9-11H2,1H3. The maximum atomic E-state index is 12.4. The second-order valence-electron chi connectivity index (χ2n) is 6.04. The molecule has 1 aromatic carbocycles. The van der Waals surface area contributed by atoms with Crippen molar-refractivity contribution in [2.75, 3.05) is 18.8 Å². The first-order valence-corrected chi connectivity index (χ1v) is 9.23. The third kappa shape index (κ3) is 2.84. The zero-order valence-electron chi connectivity index (χ0n) is 13.6. The Morgan fingerprint density at radius 2 is 1.96 bits per heavy atom. The number of carbonyl (C=O) groups is 1. The molecule has 4 rings (SSSR count). The van der Waals surface area contributed by atoms with Gasteiger partial charge in [-0.25, -0.2) is 9.97 Å². The molecule has 0 N–H and O–H groups in total. The van der Waals surface area contributed by atoms with E-state index in [-0.39, 0.29) is 5.91 Å². The number of para-hydroxylation sites is 1. The molecular weight excluding hydrogens is 322 g/mol. The summed E-state index contributed by atoms with van der Waals surface area (Å²) in [5.41, 5.74) is 1.68. The number of likely N-dealkylation sites (tertiary alicyclic amines) is 1. The van der Waals surface area contributed by atoms with E-state index in [1.165, 1.54) is 18.2 Å². The van der Waals surface area contributed by atoms with Crippen molar-refractivity contribution in [1.82, 2.24) is 24.5 Å². The van der Waals surface area contributed by atoms with Gasteiger partial charge in [0.25, 0.3) is 0 Å². The quantitative estimate of drug-likeness (QED) is 0.541. The number of hydrogen-bond acceptors (Lipinski definition) is 5. The Morgan fingerprint density at radius 1 is 1.17 bits per heavy atom. The van der Waals surface area contributed by atoms with Crippen molar-refractivity contribution in [2.45, 2.75) is 31.3 Å². The van der Waals surface area contributed by atoms with Crippen molar-refractivity contribution in [3.63, 3.8) is 0 Å². The lowest BCUT2D eigenvalue weighted by Gasteiger charge is -2.26. The second-order valence-corrected chi connectivity index (χ2v) is 6.98. The lowest BCUT2D eigenvalue weighted by molar-refractivity contribution is -0.129. The molecule has 124 valence electrons. The predicted octanol–water partition coefficient (Wildman–Crippen LogP) is 2.69. The Morgan fingerprint density at radius 3 is 2.79 bits per heavy atom. The first-order chi connectivity index (χ1) is 11.7. The summed E-state index contributed by atoms with van der Waals surface area (Å²) >= 11 is 1.44. The molecule has 0 radical (unpaired) electrons. The van der Waals surface area contributed by atoms with Crippen molar-refractivity contribution >= 4 is 34.2 Å². The summed E-state index contributed by atoms with van der Waals surface area (Å²) in [5.74, 6) is 1.27. The van der Waals surface area contributed by atoms with Crippen LogP contribution in [0.5, 0.6) is 0 Å². The minimum atomic E-state index is 0.180. The van der Waals surface area contributed by atoms with Crippen LogP contribution >= 0.6 is 11.8 Å². The zero-order valence-corrected chi connectivity index (χ0v) is 14.4. The molecule has 3 aromatic rings. The molecule has 0 saturated carbocycles. The number of thioether (sulfide) groups is 1. The minimum Gasteiger partial charge on any atom is -0.342 e. The van der Waals surface area contributed by atoms with Gasteiger partial charge in [-0.15, -0.1) is 5.10 Å². The Bertz CT molecular complexity index is 901. The average molecular weight is 341 g/mol. The van der Waals surface area contributed by atoms with Gasteiger partial charge in [0.05, 0.1) is 11.3 Å². The van der Waals surface area contributed by atoms with E-state index in [2.05, 4.69) is 15.1 Å². The van der Waals surface area contributed by atoms with Gasteiger partial charge in [-0.1, -0.05) is 23.9 Å². The Kier molecular flexibility index (Phi) is 4.10. The van der Waals surface area contributed by atoms with Crippen LogP contribution in [-0.2, 0) is 4.79 Å². The van der Waals surface area contributed by atoms with Crippen LogP contribution in [0.15, 0.2) is 29.4 Å². The van der Waals surface area contributed by atoms with Gasteiger partial charge >= 0.3 is 0 Å². The van der Waals surface area contributed by atoms with E-state index in [9.17, 15) is 4.79 Å². The molecule has 2 aromatic heterocycles. The molecular formula is C17H19N5OS. The molecule has 0 unspecified atom stereocenters. The molecule has 7 heteroatoms. The Balaban J connectivity index is 1.64. The van der Waals surface area contributed by atoms with Crippen molar-refractivity contribution in [3.05, 3.63) is 30.1 Å². The Hall–Kier alpha value is -2.15. The molecule has 0 atom stereocenters. The highest BCUT2D eigenvalue weighted by Crippen LogP contribution is 2.24. The number of fused-ring (bicyclic) bond motifs is 3. The van der Waals surface area contributed by atoms with E-state index < -0.39 is 0 Å². The number of aryl methyl sites for hydroxylation is 1. The zero-order chi connectivity index (χ0) is 16.5. The molecule has 1 saturated heterocycles. The largest absolute Gasteiger partial charge is 0.342 e. The third-order valence-corrected chi connectivity index (χ3v) is 5.20. The molecule has 1 fully saturated rings. The number of benzene rings is 1. The highest BCUT2D eigenvalue weighted by Gasteiger charge is 2.18. The van der Waals surface area contributed by atoms with E-state index in [4.69, 9.17) is 0 Å². The maximum Gasteiger partial charge on any atom is 0.233 e. The summed E-state index contributed by atoms with van der Waals surface area (Å²) in [6.45, 7) is 3.62. The summed E-state index contributed by atoms with van der Waals surface area (Å²) in [4.78, 5) is 23.6. The van der Waals surface area contributed by atoms with E-state index in [0.29, 0.717) is 11.6 Å².